The maximum atomic E-state index is 11.0. The van der Waals surface area contributed by atoms with E-state index in [9.17, 15) is 14.4 Å². The summed E-state index contributed by atoms with van der Waals surface area (Å²) < 4.78 is 0. The number of nitrogens with one attached hydrogen (secondary N) is 2. The van der Waals surface area contributed by atoms with Crippen LogP contribution in [0.3, 0.4) is 0 Å². The minimum absolute atomic E-state index is 0.0700. The predicted molar refractivity (Wildman–Crippen MR) is 54.0 cm³/mol. The summed E-state index contributed by atoms with van der Waals surface area (Å²) in [4.78, 5) is 31.9. The number of carboxylic acid groups (broad SMARTS) is 1. The molecule has 0 saturated heterocycles. The fourth-order valence-corrected chi connectivity index (χ4v) is 0.722. The van der Waals surface area contributed by atoms with Gasteiger partial charge in [0.25, 0.3) is 5.91 Å². The second kappa shape index (κ2) is 7.41. The zero-order chi connectivity index (χ0) is 12.6. The van der Waals surface area contributed by atoms with Crippen LogP contribution in [0, 0.1) is 0 Å². The van der Waals surface area contributed by atoms with Crippen LogP contribution in [0.5, 0.6) is 0 Å². The van der Waals surface area contributed by atoms with Crippen LogP contribution < -0.4 is 10.9 Å². The van der Waals surface area contributed by atoms with E-state index in [2.05, 4.69) is 5.43 Å². The number of hydrogen-bond acceptors (Lipinski definition) is 4. The van der Waals surface area contributed by atoms with Crippen LogP contribution in [-0.4, -0.2) is 34.1 Å². The average molecular weight is 230 g/mol. The molecule has 0 radical (unpaired) electrons. The van der Waals surface area contributed by atoms with Crippen LogP contribution in [0.2, 0.25) is 0 Å². The topological polar surface area (TPSA) is 116 Å². The van der Waals surface area contributed by atoms with E-state index in [-0.39, 0.29) is 12.8 Å². The average Bonchev–Trinajstić information content (AvgIpc) is 2.20. The third-order valence-electron chi connectivity index (χ3n) is 1.49. The maximum Gasteiger partial charge on any atom is 0.328 e. The molecular weight excluding hydrogens is 216 g/mol. The molecule has 90 valence electrons. The molecule has 0 fully saturated rings. The molecule has 0 aromatic heterocycles. The lowest BCUT2D eigenvalue weighted by atomic mass is 10.2. The first-order chi connectivity index (χ1) is 7.41. The summed E-state index contributed by atoms with van der Waals surface area (Å²) in [6.07, 6.45) is 1.19. The highest BCUT2D eigenvalue weighted by Crippen LogP contribution is 1.94. The number of rotatable bonds is 5. The molecule has 1 atom stereocenters. The minimum Gasteiger partial charge on any atom is -0.478 e. The highest BCUT2D eigenvalue weighted by molar-refractivity contribution is 5.94. The Bertz CT molecular complexity index is 298. The van der Waals surface area contributed by atoms with E-state index >= 15 is 0 Å². The standard InChI is InChI=1S/C9H14N2O5/c1-6(12)2-3-7(13)10-11-8(14)4-5-9(15)16/h4-6,12H,2-3H2,1H3,(H,10,13)(H,11,14)(H,15,16)/t6-/m1/s1. The van der Waals surface area contributed by atoms with E-state index in [1.54, 1.807) is 6.92 Å². The van der Waals surface area contributed by atoms with Gasteiger partial charge in [-0.2, -0.15) is 0 Å². The molecule has 0 heterocycles. The van der Waals surface area contributed by atoms with Crippen molar-refractivity contribution in [2.75, 3.05) is 0 Å². The molecule has 0 unspecified atom stereocenters. The van der Waals surface area contributed by atoms with Crippen LogP contribution in [0.25, 0.3) is 0 Å². The number of amides is 2. The van der Waals surface area contributed by atoms with Crippen LogP contribution in [0.1, 0.15) is 19.8 Å². The van der Waals surface area contributed by atoms with Crippen molar-refractivity contribution < 1.29 is 24.6 Å². The van der Waals surface area contributed by atoms with Gasteiger partial charge < -0.3 is 10.2 Å². The van der Waals surface area contributed by atoms with Gasteiger partial charge in [0.05, 0.1) is 6.10 Å². The number of aliphatic hydroxyl groups is 1. The summed E-state index contributed by atoms with van der Waals surface area (Å²) in [6, 6.07) is 0. The number of hydrogen-bond donors (Lipinski definition) is 4. The van der Waals surface area contributed by atoms with Crippen molar-refractivity contribution in [2.45, 2.75) is 25.9 Å². The molecule has 7 heteroatoms. The van der Waals surface area contributed by atoms with E-state index < -0.39 is 23.9 Å². The van der Waals surface area contributed by atoms with E-state index in [0.717, 1.165) is 6.08 Å². The molecule has 7 nitrogen and oxygen atoms in total. The van der Waals surface area contributed by atoms with Gasteiger partial charge in [-0.1, -0.05) is 0 Å². The van der Waals surface area contributed by atoms with Crippen LogP contribution in [0.4, 0.5) is 0 Å². The lowest BCUT2D eigenvalue weighted by molar-refractivity contribution is -0.131. The Balaban J connectivity index is 3.75. The van der Waals surface area contributed by atoms with Crippen molar-refractivity contribution in [1.82, 2.24) is 10.9 Å². The monoisotopic (exact) mass is 230 g/mol. The van der Waals surface area contributed by atoms with E-state index in [1.807, 2.05) is 5.43 Å². The smallest absolute Gasteiger partial charge is 0.328 e. The number of hydrazine groups is 1. The third-order valence-corrected chi connectivity index (χ3v) is 1.49. The Hall–Kier alpha value is -1.89. The molecular formula is C9H14N2O5. The number of carbonyl (C=O) groups excluding carboxylic acids is 2. The Morgan fingerprint density at radius 2 is 1.88 bits per heavy atom. The molecule has 0 aromatic carbocycles. The Kier molecular flexibility index (Phi) is 6.53. The first-order valence-corrected chi connectivity index (χ1v) is 4.59. The summed E-state index contributed by atoms with van der Waals surface area (Å²) in [6.45, 7) is 1.54. The number of aliphatic hydroxyl groups excluding tert-OH is 1. The Morgan fingerprint density at radius 1 is 1.25 bits per heavy atom. The number of carbonyl (C=O) groups is 3. The number of aliphatic carboxylic acids is 1. The first-order valence-electron chi connectivity index (χ1n) is 4.59. The SMILES string of the molecule is C[C@@H](O)CCC(=O)NNC(=O)C=CC(=O)O. The second-order valence-corrected chi connectivity index (χ2v) is 3.10. The third kappa shape index (κ3) is 8.70. The predicted octanol–water partition coefficient (Wildman–Crippen LogP) is -1.06. The Morgan fingerprint density at radius 3 is 2.38 bits per heavy atom. The molecule has 0 aliphatic carbocycles. The van der Waals surface area contributed by atoms with Crippen LogP contribution in [0.15, 0.2) is 12.2 Å². The van der Waals surface area contributed by atoms with Crippen LogP contribution in [-0.2, 0) is 14.4 Å². The lowest BCUT2D eigenvalue weighted by Gasteiger charge is -2.06. The van der Waals surface area contributed by atoms with Crippen molar-refractivity contribution in [3.05, 3.63) is 12.2 Å². The van der Waals surface area contributed by atoms with E-state index in [4.69, 9.17) is 10.2 Å². The van der Waals surface area contributed by atoms with Gasteiger partial charge in [0.2, 0.25) is 5.91 Å². The van der Waals surface area contributed by atoms with Gasteiger partial charge in [-0.3, -0.25) is 20.4 Å². The van der Waals surface area contributed by atoms with Crippen molar-refractivity contribution in [2.24, 2.45) is 0 Å². The zero-order valence-corrected chi connectivity index (χ0v) is 8.77. The molecule has 0 rings (SSSR count). The summed E-state index contributed by atoms with van der Waals surface area (Å²) in [5, 5.41) is 17.1. The molecule has 0 aliphatic rings. The lowest BCUT2D eigenvalue weighted by Crippen LogP contribution is -2.40. The van der Waals surface area contributed by atoms with Gasteiger partial charge in [-0.25, -0.2) is 4.79 Å². The quantitative estimate of drug-likeness (QED) is 0.355. The normalized spacial score (nSPS) is 12.1. The van der Waals surface area contributed by atoms with Crippen molar-refractivity contribution >= 4 is 17.8 Å². The van der Waals surface area contributed by atoms with Crippen LogP contribution >= 0.6 is 0 Å². The molecule has 0 aromatic rings. The fraction of sp³-hybridized carbons (Fsp3) is 0.444. The van der Waals surface area contributed by atoms with Gasteiger partial charge in [-0.05, 0) is 13.3 Å². The molecule has 16 heavy (non-hydrogen) atoms. The van der Waals surface area contributed by atoms with Crippen molar-refractivity contribution in [3.8, 4) is 0 Å². The highest BCUT2D eigenvalue weighted by atomic mass is 16.4. The van der Waals surface area contributed by atoms with Gasteiger partial charge >= 0.3 is 5.97 Å². The minimum atomic E-state index is -1.25. The summed E-state index contributed by atoms with van der Waals surface area (Å²) in [7, 11) is 0. The van der Waals surface area contributed by atoms with E-state index in [1.165, 1.54) is 0 Å². The number of carboxylic acids is 1. The summed E-state index contributed by atoms with van der Waals surface area (Å²) >= 11 is 0. The Labute approximate surface area is 92.1 Å². The molecule has 0 saturated carbocycles. The van der Waals surface area contributed by atoms with Crippen molar-refractivity contribution in [1.29, 1.82) is 0 Å². The first kappa shape index (κ1) is 14.1. The molecule has 0 bridgehead atoms. The maximum absolute atomic E-state index is 11.0. The zero-order valence-electron chi connectivity index (χ0n) is 8.77. The van der Waals surface area contributed by atoms with Gasteiger partial charge in [0.1, 0.15) is 0 Å². The summed E-state index contributed by atoms with van der Waals surface area (Å²) in [5.41, 5.74) is 4.06. The molecule has 2 amide bonds. The van der Waals surface area contributed by atoms with Gasteiger partial charge in [0, 0.05) is 18.6 Å². The second-order valence-electron chi connectivity index (χ2n) is 3.10. The molecule has 4 N–H and O–H groups in total. The highest BCUT2D eigenvalue weighted by Gasteiger charge is 2.04. The fourth-order valence-electron chi connectivity index (χ4n) is 0.722. The van der Waals surface area contributed by atoms with Gasteiger partial charge in [-0.15, -0.1) is 0 Å². The van der Waals surface area contributed by atoms with Crippen molar-refractivity contribution in [3.63, 3.8) is 0 Å². The molecule has 0 spiro atoms. The summed E-state index contributed by atoms with van der Waals surface area (Å²) in [5.74, 6) is -2.46. The van der Waals surface area contributed by atoms with Gasteiger partial charge in [0.15, 0.2) is 0 Å². The largest absolute Gasteiger partial charge is 0.478 e. The van der Waals surface area contributed by atoms with E-state index in [0.29, 0.717) is 6.08 Å². The molecule has 0 aliphatic heterocycles.